The highest BCUT2D eigenvalue weighted by atomic mass is 16.6. The fourth-order valence-electron chi connectivity index (χ4n) is 1.55. The molecule has 0 saturated heterocycles. The van der Waals surface area contributed by atoms with Gasteiger partial charge < -0.3 is 19.7 Å². The number of hydrogen-bond acceptors (Lipinski definition) is 6. The highest BCUT2D eigenvalue weighted by molar-refractivity contribution is 6.17. The number of ether oxygens (including phenoxy) is 2. The number of hydrogen-bond donors (Lipinski definition) is 2. The maximum atomic E-state index is 12.0. The number of benzene rings is 1. The molecule has 0 amide bonds. The van der Waals surface area contributed by atoms with E-state index in [0.29, 0.717) is 5.56 Å². The number of rotatable bonds is 5. The summed E-state index contributed by atoms with van der Waals surface area (Å²) >= 11 is 0. The van der Waals surface area contributed by atoms with Crippen molar-refractivity contribution in [3.05, 3.63) is 29.3 Å². The molecule has 0 spiro atoms. The Morgan fingerprint density at radius 1 is 0.955 bits per heavy atom. The van der Waals surface area contributed by atoms with E-state index in [0.717, 1.165) is 0 Å². The van der Waals surface area contributed by atoms with Gasteiger partial charge in [0.2, 0.25) is 0 Å². The predicted molar refractivity (Wildman–Crippen MR) is 80.2 cm³/mol. The van der Waals surface area contributed by atoms with E-state index in [-0.39, 0.29) is 17.1 Å². The summed E-state index contributed by atoms with van der Waals surface area (Å²) in [7, 11) is 0. The molecule has 1 aromatic rings. The van der Waals surface area contributed by atoms with E-state index in [1.54, 1.807) is 27.7 Å². The molecule has 0 aliphatic rings. The minimum absolute atomic E-state index is 0.285. The molecular formula is C16H20O6. The van der Waals surface area contributed by atoms with Crippen LogP contribution in [-0.4, -0.2) is 34.4 Å². The maximum absolute atomic E-state index is 12.0. The van der Waals surface area contributed by atoms with Gasteiger partial charge in [0, 0.05) is 0 Å². The molecule has 0 heterocycles. The van der Waals surface area contributed by atoms with Crippen molar-refractivity contribution in [3.8, 4) is 11.5 Å². The topological polar surface area (TPSA) is 93.1 Å². The third kappa shape index (κ3) is 5.12. The molecule has 22 heavy (non-hydrogen) atoms. The van der Waals surface area contributed by atoms with Crippen molar-refractivity contribution in [2.45, 2.75) is 39.9 Å². The van der Waals surface area contributed by atoms with Gasteiger partial charge in [0.05, 0.1) is 12.2 Å². The van der Waals surface area contributed by atoms with E-state index < -0.39 is 24.1 Å². The standard InChI is InChI=1S/C16H20O6/c1-9(2)21-15(19)12(16(20)22-10(3)4)7-11-5-6-13(17)14(18)8-11/h5-10,17-18H,1-4H3. The van der Waals surface area contributed by atoms with Crippen LogP contribution in [0.1, 0.15) is 33.3 Å². The minimum atomic E-state index is -0.812. The molecule has 0 bridgehead atoms. The predicted octanol–water partition coefficient (Wildman–Crippen LogP) is 2.38. The zero-order valence-corrected chi connectivity index (χ0v) is 13.0. The minimum Gasteiger partial charge on any atom is -0.504 e. The molecule has 0 saturated carbocycles. The highest BCUT2D eigenvalue weighted by Gasteiger charge is 2.23. The Labute approximate surface area is 129 Å². The number of aromatic hydroxyl groups is 2. The Bertz CT molecular complexity index is 562. The molecule has 0 aromatic heterocycles. The summed E-state index contributed by atoms with van der Waals surface area (Å²) in [5.74, 6) is -2.28. The Balaban J connectivity index is 3.17. The SMILES string of the molecule is CC(C)OC(=O)C(=Cc1ccc(O)c(O)c1)C(=O)OC(C)C. The van der Waals surface area contributed by atoms with Crippen molar-refractivity contribution < 1.29 is 29.3 Å². The van der Waals surface area contributed by atoms with Crippen molar-refractivity contribution in [1.82, 2.24) is 0 Å². The first-order chi connectivity index (χ1) is 10.2. The van der Waals surface area contributed by atoms with Gasteiger partial charge in [-0.3, -0.25) is 0 Å². The molecule has 120 valence electrons. The second-order valence-electron chi connectivity index (χ2n) is 5.21. The van der Waals surface area contributed by atoms with E-state index in [2.05, 4.69) is 0 Å². The number of carbonyl (C=O) groups is 2. The molecule has 1 rings (SSSR count). The molecule has 6 heteroatoms. The molecule has 2 N–H and O–H groups in total. The third-order valence-electron chi connectivity index (χ3n) is 2.44. The van der Waals surface area contributed by atoms with Crippen LogP contribution >= 0.6 is 0 Å². The molecular weight excluding hydrogens is 288 g/mol. The Hall–Kier alpha value is -2.50. The van der Waals surface area contributed by atoms with Crippen LogP contribution in [0.3, 0.4) is 0 Å². The van der Waals surface area contributed by atoms with Crippen LogP contribution in [0.25, 0.3) is 6.08 Å². The molecule has 1 aromatic carbocycles. The Morgan fingerprint density at radius 2 is 1.45 bits per heavy atom. The van der Waals surface area contributed by atoms with Crippen LogP contribution in [0.4, 0.5) is 0 Å². The van der Waals surface area contributed by atoms with Crippen LogP contribution < -0.4 is 0 Å². The Morgan fingerprint density at radius 3 is 1.86 bits per heavy atom. The lowest BCUT2D eigenvalue weighted by Gasteiger charge is -2.12. The van der Waals surface area contributed by atoms with Gasteiger partial charge in [-0.05, 0) is 51.5 Å². The second kappa shape index (κ2) is 7.49. The van der Waals surface area contributed by atoms with Gasteiger partial charge in [0.15, 0.2) is 11.5 Å². The maximum Gasteiger partial charge on any atom is 0.345 e. The summed E-state index contributed by atoms with van der Waals surface area (Å²) < 4.78 is 10.0. The second-order valence-corrected chi connectivity index (χ2v) is 5.21. The molecule has 0 unspecified atom stereocenters. The average molecular weight is 308 g/mol. The molecule has 0 atom stereocenters. The van der Waals surface area contributed by atoms with Gasteiger partial charge in [0.1, 0.15) is 5.57 Å². The van der Waals surface area contributed by atoms with Crippen molar-refractivity contribution in [1.29, 1.82) is 0 Å². The van der Waals surface area contributed by atoms with Gasteiger partial charge in [-0.25, -0.2) is 9.59 Å². The first-order valence-corrected chi connectivity index (χ1v) is 6.86. The lowest BCUT2D eigenvalue weighted by Crippen LogP contribution is -2.23. The summed E-state index contributed by atoms with van der Waals surface area (Å²) in [5.41, 5.74) is 0.0687. The van der Waals surface area contributed by atoms with E-state index in [4.69, 9.17) is 9.47 Å². The Kier molecular flexibility index (Phi) is 5.98. The van der Waals surface area contributed by atoms with Crippen molar-refractivity contribution >= 4 is 18.0 Å². The zero-order valence-electron chi connectivity index (χ0n) is 13.0. The molecule has 6 nitrogen and oxygen atoms in total. The van der Waals surface area contributed by atoms with E-state index in [1.807, 2.05) is 0 Å². The highest BCUT2D eigenvalue weighted by Crippen LogP contribution is 2.26. The fraction of sp³-hybridized carbons (Fsp3) is 0.375. The van der Waals surface area contributed by atoms with Crippen LogP contribution in [0, 0.1) is 0 Å². The van der Waals surface area contributed by atoms with E-state index in [1.165, 1.54) is 24.3 Å². The first-order valence-electron chi connectivity index (χ1n) is 6.86. The van der Waals surface area contributed by atoms with E-state index in [9.17, 15) is 19.8 Å². The van der Waals surface area contributed by atoms with Crippen LogP contribution in [-0.2, 0) is 19.1 Å². The summed E-state index contributed by atoms with van der Waals surface area (Å²) in [6, 6.07) is 3.92. The monoisotopic (exact) mass is 308 g/mol. The van der Waals surface area contributed by atoms with E-state index >= 15 is 0 Å². The number of esters is 2. The summed E-state index contributed by atoms with van der Waals surface area (Å²) in [6.07, 6.45) is 0.459. The summed E-state index contributed by atoms with van der Waals surface area (Å²) in [5, 5.41) is 18.7. The summed E-state index contributed by atoms with van der Waals surface area (Å²) in [4.78, 5) is 24.1. The number of carbonyl (C=O) groups excluding carboxylic acids is 2. The van der Waals surface area contributed by atoms with Gasteiger partial charge in [-0.2, -0.15) is 0 Å². The smallest absolute Gasteiger partial charge is 0.345 e. The number of phenols is 2. The van der Waals surface area contributed by atoms with Crippen molar-refractivity contribution in [3.63, 3.8) is 0 Å². The summed E-state index contributed by atoms with van der Waals surface area (Å²) in [6.45, 7) is 6.65. The molecule has 0 aliphatic carbocycles. The van der Waals surface area contributed by atoms with Gasteiger partial charge in [-0.1, -0.05) is 6.07 Å². The molecule has 0 radical (unpaired) electrons. The lowest BCUT2D eigenvalue weighted by atomic mass is 10.1. The largest absolute Gasteiger partial charge is 0.504 e. The van der Waals surface area contributed by atoms with Gasteiger partial charge >= 0.3 is 11.9 Å². The molecule has 0 fully saturated rings. The van der Waals surface area contributed by atoms with Crippen LogP contribution in [0.5, 0.6) is 11.5 Å². The first kappa shape index (κ1) is 17.6. The zero-order chi connectivity index (χ0) is 16.9. The van der Waals surface area contributed by atoms with Gasteiger partial charge in [0.25, 0.3) is 0 Å². The number of phenolic OH excluding ortho intramolecular Hbond substituents is 2. The van der Waals surface area contributed by atoms with Crippen LogP contribution in [0.15, 0.2) is 23.8 Å². The van der Waals surface area contributed by atoms with Crippen LogP contribution in [0.2, 0.25) is 0 Å². The fourth-order valence-corrected chi connectivity index (χ4v) is 1.55. The molecule has 0 aliphatic heterocycles. The average Bonchev–Trinajstić information content (AvgIpc) is 2.38. The van der Waals surface area contributed by atoms with Crippen molar-refractivity contribution in [2.24, 2.45) is 0 Å². The third-order valence-corrected chi connectivity index (χ3v) is 2.44. The quantitative estimate of drug-likeness (QED) is 0.285. The lowest BCUT2D eigenvalue weighted by molar-refractivity contribution is -0.150. The van der Waals surface area contributed by atoms with Gasteiger partial charge in [-0.15, -0.1) is 0 Å². The van der Waals surface area contributed by atoms with Crippen molar-refractivity contribution in [2.75, 3.05) is 0 Å². The normalized spacial score (nSPS) is 10.5.